The van der Waals surface area contributed by atoms with Gasteiger partial charge in [0.2, 0.25) is 6.19 Å². The first-order valence-corrected chi connectivity index (χ1v) is 6.20. The Bertz CT molecular complexity index is 383. The second-order valence-electron chi connectivity index (χ2n) is 3.03. The van der Waals surface area contributed by atoms with Crippen molar-refractivity contribution in [3.8, 4) is 6.19 Å². The minimum Gasteiger partial charge on any atom is -0.345 e. The van der Waals surface area contributed by atoms with Crippen LogP contribution in [0.4, 0.5) is 0 Å². The van der Waals surface area contributed by atoms with Gasteiger partial charge in [0.1, 0.15) is 0 Å². The fraction of sp³-hybridized carbons (Fsp3) is 0.364. The number of hydrogen-bond acceptors (Lipinski definition) is 4. The van der Waals surface area contributed by atoms with Crippen molar-refractivity contribution in [1.82, 2.24) is 9.88 Å². The smallest absolute Gasteiger partial charge is 0.208 e. The highest BCUT2D eigenvalue weighted by Crippen LogP contribution is 2.09. The number of hydrogen-bond donors (Lipinski definition) is 0. The van der Waals surface area contributed by atoms with Crippen LogP contribution in [0.25, 0.3) is 0 Å². The van der Waals surface area contributed by atoms with Crippen LogP contribution in [0.3, 0.4) is 0 Å². The Balaban J connectivity index is 2.77. The van der Waals surface area contributed by atoms with E-state index in [1.807, 2.05) is 42.5 Å². The maximum absolute atomic E-state index is 8.59. The highest BCUT2D eigenvalue weighted by molar-refractivity contribution is 8.13. The molecule has 1 rings (SSSR count). The molecule has 0 bridgehead atoms. The molecular formula is C11H14N4S. The third kappa shape index (κ3) is 3.55. The number of pyridine rings is 1. The zero-order valence-corrected chi connectivity index (χ0v) is 10.2. The van der Waals surface area contributed by atoms with Gasteiger partial charge in [-0.25, -0.2) is 0 Å². The third-order valence-electron chi connectivity index (χ3n) is 2.06. The lowest BCUT2D eigenvalue weighted by molar-refractivity contribution is 0.438. The molecule has 16 heavy (non-hydrogen) atoms. The summed E-state index contributed by atoms with van der Waals surface area (Å²) in [7, 11) is 0. The molecule has 0 atom stereocenters. The summed E-state index contributed by atoms with van der Waals surface area (Å²) in [6, 6.07) is 5.81. The summed E-state index contributed by atoms with van der Waals surface area (Å²) >= 11 is 1.47. The molecule has 0 aliphatic carbocycles. The monoisotopic (exact) mass is 234 g/mol. The van der Waals surface area contributed by atoms with E-state index in [1.54, 1.807) is 6.20 Å². The molecular weight excluding hydrogens is 220 g/mol. The maximum Gasteiger partial charge on any atom is 0.208 e. The molecule has 0 amide bonds. The quantitative estimate of drug-likeness (QED) is 0.456. The summed E-state index contributed by atoms with van der Waals surface area (Å²) in [5, 5.41) is 9.32. The van der Waals surface area contributed by atoms with Crippen molar-refractivity contribution in [1.29, 1.82) is 5.26 Å². The Morgan fingerprint density at radius 1 is 1.62 bits per heavy atom. The number of amidine groups is 1. The van der Waals surface area contributed by atoms with Crippen molar-refractivity contribution in [2.24, 2.45) is 4.99 Å². The first-order chi connectivity index (χ1) is 7.81. The molecule has 0 spiro atoms. The Morgan fingerprint density at radius 2 is 2.44 bits per heavy atom. The number of aliphatic imine (C=N–C) groups is 1. The summed E-state index contributed by atoms with van der Waals surface area (Å²) < 4.78 is 0. The van der Waals surface area contributed by atoms with Crippen LogP contribution in [0, 0.1) is 11.5 Å². The topological polar surface area (TPSA) is 52.3 Å². The predicted octanol–water partition coefficient (Wildman–Crippen LogP) is 2.10. The highest BCUT2D eigenvalue weighted by Gasteiger charge is 2.09. The lowest BCUT2D eigenvalue weighted by atomic mass is 10.3. The molecule has 0 radical (unpaired) electrons. The van der Waals surface area contributed by atoms with E-state index < -0.39 is 0 Å². The van der Waals surface area contributed by atoms with Crippen LogP contribution < -0.4 is 0 Å². The normalized spacial score (nSPS) is 10.9. The lowest BCUT2D eigenvalue weighted by Crippen LogP contribution is -2.28. The van der Waals surface area contributed by atoms with Gasteiger partial charge in [-0.2, -0.15) is 5.26 Å². The van der Waals surface area contributed by atoms with Crippen molar-refractivity contribution < 1.29 is 0 Å². The van der Waals surface area contributed by atoms with E-state index in [-0.39, 0.29) is 0 Å². The van der Waals surface area contributed by atoms with Crippen molar-refractivity contribution in [2.45, 2.75) is 13.5 Å². The summed E-state index contributed by atoms with van der Waals surface area (Å²) in [6.45, 7) is 3.52. The molecule has 1 aromatic heterocycles. The van der Waals surface area contributed by atoms with Crippen LogP contribution in [-0.4, -0.2) is 27.9 Å². The minimum absolute atomic E-state index is 0.679. The number of nitriles is 1. The Morgan fingerprint density at radius 3 is 2.94 bits per heavy atom. The van der Waals surface area contributed by atoms with Crippen molar-refractivity contribution in [3.63, 3.8) is 0 Å². The molecule has 0 N–H and O–H groups in total. The SMILES string of the molecule is CCN(Cc1ccccn1)C(=NC#N)SC. The fourth-order valence-corrected chi connectivity index (χ4v) is 1.87. The molecule has 4 nitrogen and oxygen atoms in total. The van der Waals surface area contributed by atoms with Gasteiger partial charge in [0.15, 0.2) is 5.17 Å². The van der Waals surface area contributed by atoms with Crippen molar-refractivity contribution in [3.05, 3.63) is 30.1 Å². The first-order valence-electron chi connectivity index (χ1n) is 4.97. The largest absolute Gasteiger partial charge is 0.345 e. The molecule has 1 heterocycles. The van der Waals surface area contributed by atoms with Gasteiger partial charge in [-0.05, 0) is 25.3 Å². The van der Waals surface area contributed by atoms with Gasteiger partial charge >= 0.3 is 0 Å². The van der Waals surface area contributed by atoms with E-state index in [9.17, 15) is 0 Å². The molecule has 0 fully saturated rings. The molecule has 5 heteroatoms. The Labute approximate surface area is 100 Å². The van der Waals surface area contributed by atoms with Crippen molar-refractivity contribution in [2.75, 3.05) is 12.8 Å². The van der Waals surface area contributed by atoms with Crippen LogP contribution in [0.5, 0.6) is 0 Å². The average molecular weight is 234 g/mol. The van der Waals surface area contributed by atoms with E-state index in [0.29, 0.717) is 6.54 Å². The summed E-state index contributed by atoms with van der Waals surface area (Å²) in [5.41, 5.74) is 0.976. The molecule has 84 valence electrons. The maximum atomic E-state index is 8.59. The van der Waals surface area contributed by atoms with Gasteiger partial charge < -0.3 is 4.90 Å². The molecule has 0 saturated heterocycles. The number of aromatic nitrogens is 1. The molecule has 0 aliphatic heterocycles. The predicted molar refractivity (Wildman–Crippen MR) is 66.9 cm³/mol. The van der Waals surface area contributed by atoms with E-state index in [0.717, 1.165) is 17.4 Å². The molecule has 1 aromatic rings. The fourth-order valence-electron chi connectivity index (χ4n) is 1.29. The number of rotatable bonds is 3. The van der Waals surface area contributed by atoms with Crippen LogP contribution in [0.15, 0.2) is 29.4 Å². The lowest BCUT2D eigenvalue weighted by Gasteiger charge is -2.21. The van der Waals surface area contributed by atoms with Crippen LogP contribution in [-0.2, 0) is 6.54 Å². The molecule has 0 aromatic carbocycles. The first kappa shape index (κ1) is 12.5. The van der Waals surface area contributed by atoms with E-state index in [2.05, 4.69) is 9.98 Å². The summed E-state index contributed by atoms with van der Waals surface area (Å²) in [4.78, 5) is 10.1. The Hall–Kier alpha value is -1.54. The van der Waals surface area contributed by atoms with Crippen molar-refractivity contribution >= 4 is 16.9 Å². The van der Waals surface area contributed by atoms with Gasteiger partial charge in [-0.3, -0.25) is 4.98 Å². The minimum atomic E-state index is 0.679. The van der Waals surface area contributed by atoms with Gasteiger partial charge in [0, 0.05) is 12.7 Å². The van der Waals surface area contributed by atoms with E-state index in [1.165, 1.54) is 11.8 Å². The average Bonchev–Trinajstić information content (AvgIpc) is 2.35. The zero-order valence-electron chi connectivity index (χ0n) is 9.42. The summed E-state index contributed by atoms with van der Waals surface area (Å²) in [5.74, 6) is 0. The van der Waals surface area contributed by atoms with Crippen LogP contribution in [0.1, 0.15) is 12.6 Å². The summed E-state index contributed by atoms with van der Waals surface area (Å²) in [6.07, 6.45) is 5.51. The molecule has 0 saturated carbocycles. The van der Waals surface area contributed by atoms with Crippen LogP contribution in [0.2, 0.25) is 0 Å². The zero-order chi connectivity index (χ0) is 11.8. The molecule has 0 unspecified atom stereocenters. The molecule has 0 aliphatic rings. The van der Waals surface area contributed by atoms with Gasteiger partial charge in [0.05, 0.1) is 12.2 Å². The van der Waals surface area contributed by atoms with Gasteiger partial charge in [-0.15, -0.1) is 4.99 Å². The van der Waals surface area contributed by atoms with E-state index in [4.69, 9.17) is 5.26 Å². The van der Waals surface area contributed by atoms with Gasteiger partial charge in [0.25, 0.3) is 0 Å². The standard InChI is InChI=1S/C11H14N4S/c1-3-15(11(16-2)14-9-12)8-10-6-4-5-7-13-10/h4-7H,3,8H2,1-2H3. The third-order valence-corrected chi connectivity index (χ3v) is 2.77. The number of thioether (sulfide) groups is 1. The van der Waals surface area contributed by atoms with Crippen LogP contribution >= 0.6 is 11.8 Å². The highest BCUT2D eigenvalue weighted by atomic mass is 32.2. The number of nitrogens with zero attached hydrogens (tertiary/aromatic N) is 4. The van der Waals surface area contributed by atoms with Gasteiger partial charge in [-0.1, -0.05) is 17.8 Å². The second-order valence-corrected chi connectivity index (χ2v) is 3.81. The Kier molecular flexibility index (Phi) is 5.37. The second kappa shape index (κ2) is 6.85. The van der Waals surface area contributed by atoms with E-state index >= 15 is 0 Å².